The molecule has 0 aliphatic rings. The SMILES string of the molecule is CCCCCCOCCOCCCl. The smallest absolute Gasteiger partial charge is 0.0701 e. The number of hydrogen-bond donors (Lipinski definition) is 0. The first kappa shape index (κ1) is 13.2. The fourth-order valence-corrected chi connectivity index (χ4v) is 1.12. The van der Waals surface area contributed by atoms with Crippen molar-refractivity contribution in [1.82, 2.24) is 0 Å². The Hall–Kier alpha value is 0.210. The molecule has 0 aliphatic heterocycles. The molecule has 2 nitrogen and oxygen atoms in total. The Morgan fingerprint density at radius 3 is 2.15 bits per heavy atom. The summed E-state index contributed by atoms with van der Waals surface area (Å²) in [5, 5.41) is 0. The molecular formula is C10H21ClO2. The highest BCUT2D eigenvalue weighted by molar-refractivity contribution is 6.17. The molecule has 80 valence electrons. The molecule has 0 saturated heterocycles. The van der Waals surface area contributed by atoms with Gasteiger partial charge in [-0.1, -0.05) is 26.2 Å². The summed E-state index contributed by atoms with van der Waals surface area (Å²) in [7, 11) is 0. The maximum Gasteiger partial charge on any atom is 0.0701 e. The molecule has 0 fully saturated rings. The van der Waals surface area contributed by atoms with E-state index in [1.807, 2.05) is 0 Å². The summed E-state index contributed by atoms with van der Waals surface area (Å²) >= 11 is 5.43. The van der Waals surface area contributed by atoms with E-state index in [4.69, 9.17) is 21.1 Å². The molecule has 0 saturated carbocycles. The van der Waals surface area contributed by atoms with Gasteiger partial charge in [0, 0.05) is 12.5 Å². The van der Waals surface area contributed by atoms with Gasteiger partial charge in [0.25, 0.3) is 0 Å². The highest BCUT2D eigenvalue weighted by Crippen LogP contribution is 1.98. The van der Waals surface area contributed by atoms with E-state index < -0.39 is 0 Å². The van der Waals surface area contributed by atoms with Crippen molar-refractivity contribution >= 4 is 11.6 Å². The molecule has 0 atom stereocenters. The lowest BCUT2D eigenvalue weighted by molar-refractivity contribution is 0.0520. The Balaban J connectivity index is 2.76. The Morgan fingerprint density at radius 2 is 1.54 bits per heavy atom. The summed E-state index contributed by atoms with van der Waals surface area (Å²) in [4.78, 5) is 0. The van der Waals surface area contributed by atoms with Crippen LogP contribution < -0.4 is 0 Å². The van der Waals surface area contributed by atoms with Crippen molar-refractivity contribution < 1.29 is 9.47 Å². The van der Waals surface area contributed by atoms with Gasteiger partial charge in [-0.15, -0.1) is 11.6 Å². The summed E-state index contributed by atoms with van der Waals surface area (Å²) in [6, 6.07) is 0. The highest BCUT2D eigenvalue weighted by Gasteiger charge is 1.90. The molecule has 0 unspecified atom stereocenters. The van der Waals surface area contributed by atoms with Crippen LogP contribution in [0.1, 0.15) is 32.6 Å². The molecule has 0 aromatic rings. The first-order valence-electron chi connectivity index (χ1n) is 5.13. The Labute approximate surface area is 86.6 Å². The first-order chi connectivity index (χ1) is 6.41. The molecule has 0 aromatic heterocycles. The number of hydrogen-bond acceptors (Lipinski definition) is 2. The zero-order valence-corrected chi connectivity index (χ0v) is 9.31. The molecule has 0 aliphatic carbocycles. The van der Waals surface area contributed by atoms with Crippen molar-refractivity contribution in [3.8, 4) is 0 Å². The van der Waals surface area contributed by atoms with Gasteiger partial charge < -0.3 is 9.47 Å². The first-order valence-corrected chi connectivity index (χ1v) is 5.66. The van der Waals surface area contributed by atoms with E-state index in [9.17, 15) is 0 Å². The van der Waals surface area contributed by atoms with Crippen molar-refractivity contribution in [2.75, 3.05) is 32.3 Å². The average Bonchev–Trinajstić information content (AvgIpc) is 2.16. The zero-order valence-electron chi connectivity index (χ0n) is 8.56. The Bertz CT molecular complexity index is 79.0. The van der Waals surface area contributed by atoms with E-state index in [2.05, 4.69) is 6.92 Å². The summed E-state index contributed by atoms with van der Waals surface area (Å²) in [5.41, 5.74) is 0. The second-order valence-corrected chi connectivity index (χ2v) is 3.35. The Morgan fingerprint density at radius 1 is 0.846 bits per heavy atom. The van der Waals surface area contributed by atoms with Crippen LogP contribution in [0, 0.1) is 0 Å². The maximum atomic E-state index is 5.43. The van der Waals surface area contributed by atoms with Gasteiger partial charge >= 0.3 is 0 Å². The van der Waals surface area contributed by atoms with E-state index in [1.54, 1.807) is 0 Å². The second kappa shape index (κ2) is 12.2. The van der Waals surface area contributed by atoms with Gasteiger partial charge in [-0.05, 0) is 6.42 Å². The fourth-order valence-electron chi connectivity index (χ4n) is 1.01. The fraction of sp³-hybridized carbons (Fsp3) is 1.00. The predicted octanol–water partition coefficient (Wildman–Crippen LogP) is 2.84. The number of unbranched alkanes of at least 4 members (excludes halogenated alkanes) is 3. The minimum Gasteiger partial charge on any atom is -0.379 e. The van der Waals surface area contributed by atoms with Crippen molar-refractivity contribution in [2.24, 2.45) is 0 Å². The van der Waals surface area contributed by atoms with Crippen LogP contribution in [-0.2, 0) is 9.47 Å². The number of halogens is 1. The van der Waals surface area contributed by atoms with Crippen LogP contribution in [0.25, 0.3) is 0 Å². The third-order valence-electron chi connectivity index (χ3n) is 1.74. The van der Waals surface area contributed by atoms with Crippen molar-refractivity contribution in [1.29, 1.82) is 0 Å². The molecule has 0 radical (unpaired) electrons. The van der Waals surface area contributed by atoms with Gasteiger partial charge in [-0.2, -0.15) is 0 Å². The van der Waals surface area contributed by atoms with Crippen LogP contribution in [0.15, 0.2) is 0 Å². The summed E-state index contributed by atoms with van der Waals surface area (Å²) in [5.74, 6) is 0.566. The molecule has 0 rings (SSSR count). The standard InChI is InChI=1S/C10H21ClO2/c1-2-3-4-5-7-12-9-10-13-8-6-11/h2-10H2,1H3. The normalized spacial score (nSPS) is 10.6. The van der Waals surface area contributed by atoms with Crippen LogP contribution in [-0.4, -0.2) is 32.3 Å². The van der Waals surface area contributed by atoms with Gasteiger partial charge in [0.15, 0.2) is 0 Å². The van der Waals surface area contributed by atoms with E-state index in [1.165, 1.54) is 25.7 Å². The third kappa shape index (κ3) is 12.2. The minimum atomic E-state index is 0.566. The van der Waals surface area contributed by atoms with Crippen LogP contribution in [0.3, 0.4) is 0 Å². The minimum absolute atomic E-state index is 0.566. The number of alkyl halides is 1. The van der Waals surface area contributed by atoms with Crippen molar-refractivity contribution in [3.05, 3.63) is 0 Å². The number of ether oxygens (including phenoxy) is 2. The quantitative estimate of drug-likeness (QED) is 0.406. The molecule has 0 heterocycles. The predicted molar refractivity (Wildman–Crippen MR) is 56.5 cm³/mol. The van der Waals surface area contributed by atoms with Gasteiger partial charge in [-0.3, -0.25) is 0 Å². The number of rotatable bonds is 10. The summed E-state index contributed by atoms with van der Waals surface area (Å²) in [6.07, 6.45) is 5.04. The zero-order chi connectivity index (χ0) is 9.78. The third-order valence-corrected chi connectivity index (χ3v) is 1.89. The molecule has 0 spiro atoms. The van der Waals surface area contributed by atoms with E-state index in [0.717, 1.165) is 6.61 Å². The lowest BCUT2D eigenvalue weighted by Gasteiger charge is -2.04. The molecule has 0 bridgehead atoms. The van der Waals surface area contributed by atoms with Gasteiger partial charge in [0.1, 0.15) is 0 Å². The lowest BCUT2D eigenvalue weighted by atomic mass is 10.2. The lowest BCUT2D eigenvalue weighted by Crippen LogP contribution is -2.06. The maximum absolute atomic E-state index is 5.43. The van der Waals surface area contributed by atoms with Crippen LogP contribution >= 0.6 is 11.6 Å². The van der Waals surface area contributed by atoms with Crippen molar-refractivity contribution in [2.45, 2.75) is 32.6 Å². The van der Waals surface area contributed by atoms with Crippen LogP contribution in [0.5, 0.6) is 0 Å². The van der Waals surface area contributed by atoms with Gasteiger partial charge in [0.05, 0.1) is 19.8 Å². The molecule has 13 heavy (non-hydrogen) atoms. The monoisotopic (exact) mass is 208 g/mol. The molecule has 0 amide bonds. The molecule has 3 heteroatoms. The van der Waals surface area contributed by atoms with Gasteiger partial charge in [-0.25, -0.2) is 0 Å². The van der Waals surface area contributed by atoms with Crippen LogP contribution in [0.4, 0.5) is 0 Å². The van der Waals surface area contributed by atoms with Gasteiger partial charge in [0.2, 0.25) is 0 Å². The topological polar surface area (TPSA) is 18.5 Å². The van der Waals surface area contributed by atoms with Crippen molar-refractivity contribution in [3.63, 3.8) is 0 Å². The van der Waals surface area contributed by atoms with E-state index >= 15 is 0 Å². The molecule has 0 aromatic carbocycles. The van der Waals surface area contributed by atoms with E-state index in [-0.39, 0.29) is 0 Å². The molecule has 0 N–H and O–H groups in total. The molecular weight excluding hydrogens is 188 g/mol. The van der Waals surface area contributed by atoms with E-state index in [0.29, 0.717) is 25.7 Å². The summed E-state index contributed by atoms with van der Waals surface area (Å²) in [6.45, 7) is 5.06. The summed E-state index contributed by atoms with van der Waals surface area (Å²) < 4.78 is 10.5. The largest absolute Gasteiger partial charge is 0.379 e. The average molecular weight is 209 g/mol. The second-order valence-electron chi connectivity index (χ2n) is 2.97. The Kier molecular flexibility index (Phi) is 12.4. The highest BCUT2D eigenvalue weighted by atomic mass is 35.5. The van der Waals surface area contributed by atoms with Crippen LogP contribution in [0.2, 0.25) is 0 Å².